The molecule has 2 N–H and O–H groups in total. The average Bonchev–Trinajstić information content (AvgIpc) is 3.26. The van der Waals surface area contributed by atoms with E-state index in [0.717, 1.165) is 5.56 Å². The summed E-state index contributed by atoms with van der Waals surface area (Å²) < 4.78 is 10.9. The Hall–Kier alpha value is -3.54. The highest BCUT2D eigenvalue weighted by atomic mass is 16.5. The predicted molar refractivity (Wildman–Crippen MR) is 110 cm³/mol. The summed E-state index contributed by atoms with van der Waals surface area (Å²) in [6.45, 7) is 3.86. The molecule has 0 fully saturated rings. The lowest BCUT2D eigenvalue weighted by Gasteiger charge is -2.22. The van der Waals surface area contributed by atoms with Crippen molar-refractivity contribution >= 4 is 17.5 Å². The molecule has 0 radical (unpaired) electrons. The largest absolute Gasteiger partial charge is 0.489 e. The van der Waals surface area contributed by atoms with Crippen LogP contribution >= 0.6 is 0 Å². The first-order valence-corrected chi connectivity index (χ1v) is 9.34. The van der Waals surface area contributed by atoms with Gasteiger partial charge in [0.15, 0.2) is 0 Å². The molecule has 6 nitrogen and oxygen atoms in total. The maximum absolute atomic E-state index is 12.6. The molecule has 3 rings (SSSR count). The summed E-state index contributed by atoms with van der Waals surface area (Å²) in [5, 5.41) is 5.50. The van der Waals surface area contributed by atoms with Crippen LogP contribution < -0.4 is 15.4 Å². The Kier molecular flexibility index (Phi) is 6.34. The van der Waals surface area contributed by atoms with E-state index in [1.807, 2.05) is 30.3 Å². The van der Waals surface area contributed by atoms with Gasteiger partial charge in [-0.1, -0.05) is 30.3 Å². The van der Waals surface area contributed by atoms with E-state index >= 15 is 0 Å². The van der Waals surface area contributed by atoms with Gasteiger partial charge >= 0.3 is 0 Å². The highest BCUT2D eigenvalue weighted by Gasteiger charge is 2.36. The molecule has 6 heteroatoms. The van der Waals surface area contributed by atoms with E-state index in [-0.39, 0.29) is 12.5 Å². The molecule has 1 heterocycles. The molecule has 2 aromatic carbocycles. The summed E-state index contributed by atoms with van der Waals surface area (Å²) in [6.07, 6.45) is 1.53. The van der Waals surface area contributed by atoms with Gasteiger partial charge < -0.3 is 19.8 Å². The number of nitrogens with one attached hydrogen (secondary N) is 2. The number of anilines is 1. The average molecular weight is 392 g/mol. The number of carbonyl (C=O) groups excluding carboxylic acids is 2. The molecular formula is C23H24N2O4. The fourth-order valence-electron chi connectivity index (χ4n) is 2.57. The Morgan fingerprint density at radius 1 is 0.931 bits per heavy atom. The summed E-state index contributed by atoms with van der Waals surface area (Å²) >= 11 is 0. The number of furan rings is 1. The van der Waals surface area contributed by atoms with Crippen molar-refractivity contribution in [3.8, 4) is 5.75 Å². The van der Waals surface area contributed by atoms with Crippen LogP contribution in [0.3, 0.4) is 0 Å². The van der Waals surface area contributed by atoms with Crippen LogP contribution in [0.4, 0.5) is 5.69 Å². The third-order valence-electron chi connectivity index (χ3n) is 4.50. The SMILES string of the molecule is CC(C)(C(=O)NCc1ccco1)C(=O)Nc1ccc(OCc2ccccc2)cc1. The lowest BCUT2D eigenvalue weighted by Crippen LogP contribution is -2.44. The number of hydrogen-bond acceptors (Lipinski definition) is 4. The molecule has 3 aromatic rings. The van der Waals surface area contributed by atoms with E-state index in [9.17, 15) is 9.59 Å². The highest BCUT2D eigenvalue weighted by molar-refractivity contribution is 6.09. The summed E-state index contributed by atoms with van der Waals surface area (Å²) in [6, 6.07) is 20.4. The summed E-state index contributed by atoms with van der Waals surface area (Å²) in [5.41, 5.74) is 0.427. The van der Waals surface area contributed by atoms with Crippen LogP contribution in [0.15, 0.2) is 77.4 Å². The molecule has 2 amide bonds. The lowest BCUT2D eigenvalue weighted by molar-refractivity contribution is -0.138. The minimum Gasteiger partial charge on any atom is -0.489 e. The summed E-state index contributed by atoms with van der Waals surface area (Å²) in [7, 11) is 0. The van der Waals surface area contributed by atoms with Gasteiger partial charge in [-0.3, -0.25) is 9.59 Å². The number of benzene rings is 2. The van der Waals surface area contributed by atoms with Crippen LogP contribution in [-0.2, 0) is 22.7 Å². The van der Waals surface area contributed by atoms with Crippen LogP contribution in [0.2, 0.25) is 0 Å². The standard InChI is InChI=1S/C23H24N2O4/c1-23(2,21(26)24-15-20-9-6-14-28-20)22(27)25-18-10-12-19(13-11-18)29-16-17-7-4-3-5-8-17/h3-14H,15-16H2,1-2H3,(H,24,26)(H,25,27). The van der Waals surface area contributed by atoms with Crippen LogP contribution in [0, 0.1) is 5.41 Å². The predicted octanol–water partition coefficient (Wildman–Crippen LogP) is 4.14. The van der Waals surface area contributed by atoms with Crippen molar-refractivity contribution in [2.45, 2.75) is 27.0 Å². The van der Waals surface area contributed by atoms with Crippen LogP contribution in [0.1, 0.15) is 25.2 Å². The zero-order valence-electron chi connectivity index (χ0n) is 16.5. The number of carbonyl (C=O) groups is 2. The molecule has 0 atom stereocenters. The van der Waals surface area contributed by atoms with Crippen molar-refractivity contribution < 1.29 is 18.7 Å². The van der Waals surface area contributed by atoms with Crippen molar-refractivity contribution in [3.63, 3.8) is 0 Å². The molecule has 29 heavy (non-hydrogen) atoms. The second-order valence-electron chi connectivity index (χ2n) is 7.14. The maximum atomic E-state index is 12.6. The molecule has 0 unspecified atom stereocenters. The van der Waals surface area contributed by atoms with Crippen molar-refractivity contribution in [1.82, 2.24) is 5.32 Å². The Balaban J connectivity index is 1.52. The quantitative estimate of drug-likeness (QED) is 0.565. The van der Waals surface area contributed by atoms with Gasteiger partial charge in [-0.05, 0) is 55.8 Å². The van der Waals surface area contributed by atoms with Crippen molar-refractivity contribution in [2.24, 2.45) is 5.41 Å². The molecule has 0 bridgehead atoms. The van der Waals surface area contributed by atoms with Crippen LogP contribution in [-0.4, -0.2) is 11.8 Å². The number of amides is 2. The molecule has 0 aliphatic rings. The summed E-state index contributed by atoms with van der Waals surface area (Å²) in [4.78, 5) is 25.0. The molecule has 1 aromatic heterocycles. The third-order valence-corrected chi connectivity index (χ3v) is 4.50. The Morgan fingerprint density at radius 2 is 1.66 bits per heavy atom. The van der Waals surface area contributed by atoms with Crippen molar-refractivity contribution in [2.75, 3.05) is 5.32 Å². The Morgan fingerprint density at radius 3 is 2.31 bits per heavy atom. The monoisotopic (exact) mass is 392 g/mol. The number of rotatable bonds is 8. The van der Waals surface area contributed by atoms with Crippen molar-refractivity contribution in [3.05, 3.63) is 84.3 Å². The summed E-state index contributed by atoms with van der Waals surface area (Å²) in [5.74, 6) is 0.546. The first-order valence-electron chi connectivity index (χ1n) is 9.34. The number of ether oxygens (including phenoxy) is 1. The zero-order valence-corrected chi connectivity index (χ0v) is 16.5. The lowest BCUT2D eigenvalue weighted by atomic mass is 9.91. The minimum atomic E-state index is -1.24. The molecule has 150 valence electrons. The van der Waals surface area contributed by atoms with Crippen LogP contribution in [0.5, 0.6) is 5.75 Å². The Labute approximate surface area is 169 Å². The van der Waals surface area contributed by atoms with Gasteiger partial charge in [0.05, 0.1) is 12.8 Å². The second-order valence-corrected chi connectivity index (χ2v) is 7.14. The van der Waals surface area contributed by atoms with E-state index in [4.69, 9.17) is 9.15 Å². The van der Waals surface area contributed by atoms with Gasteiger partial charge in [-0.15, -0.1) is 0 Å². The van der Waals surface area contributed by atoms with Gasteiger partial charge in [0.25, 0.3) is 0 Å². The maximum Gasteiger partial charge on any atom is 0.239 e. The first-order chi connectivity index (χ1) is 13.9. The van der Waals surface area contributed by atoms with E-state index in [1.165, 1.54) is 6.26 Å². The van der Waals surface area contributed by atoms with E-state index in [2.05, 4.69) is 10.6 Å². The number of hydrogen-bond donors (Lipinski definition) is 2. The smallest absolute Gasteiger partial charge is 0.239 e. The normalized spacial score (nSPS) is 11.0. The molecule has 0 saturated carbocycles. The third kappa shape index (κ3) is 5.48. The van der Waals surface area contributed by atoms with Crippen LogP contribution in [0.25, 0.3) is 0 Å². The molecule has 0 aliphatic heterocycles. The fourth-order valence-corrected chi connectivity index (χ4v) is 2.57. The van der Waals surface area contributed by atoms with Gasteiger partial charge in [-0.2, -0.15) is 0 Å². The van der Waals surface area contributed by atoms with E-state index < -0.39 is 11.3 Å². The topological polar surface area (TPSA) is 80.6 Å². The van der Waals surface area contributed by atoms with E-state index in [0.29, 0.717) is 23.8 Å². The van der Waals surface area contributed by atoms with Crippen molar-refractivity contribution in [1.29, 1.82) is 0 Å². The first kappa shape index (κ1) is 20.2. The Bertz CT molecular complexity index is 933. The van der Waals surface area contributed by atoms with Gasteiger partial charge in [0, 0.05) is 5.69 Å². The molecular weight excluding hydrogens is 368 g/mol. The second kappa shape index (κ2) is 9.10. The van der Waals surface area contributed by atoms with Gasteiger partial charge in [0.1, 0.15) is 23.5 Å². The zero-order chi connectivity index (χ0) is 20.7. The fraction of sp³-hybridized carbons (Fsp3) is 0.217. The minimum absolute atomic E-state index is 0.232. The molecule has 0 aliphatic carbocycles. The molecule has 0 saturated heterocycles. The van der Waals surface area contributed by atoms with E-state index in [1.54, 1.807) is 50.2 Å². The van der Waals surface area contributed by atoms with Gasteiger partial charge in [0.2, 0.25) is 11.8 Å². The highest BCUT2D eigenvalue weighted by Crippen LogP contribution is 2.22. The molecule has 0 spiro atoms. The van der Waals surface area contributed by atoms with Gasteiger partial charge in [-0.25, -0.2) is 0 Å².